The number of nitrogens with one attached hydrogen (secondary N) is 1. The van der Waals surface area contributed by atoms with Crippen LogP contribution in [0.15, 0.2) is 0 Å². The molecule has 1 atom stereocenters. The lowest BCUT2D eigenvalue weighted by molar-refractivity contribution is 0.0583. The van der Waals surface area contributed by atoms with Crippen molar-refractivity contribution in [1.29, 1.82) is 0 Å². The molecule has 1 heterocycles. The predicted octanol–water partition coefficient (Wildman–Crippen LogP) is 2.57. The van der Waals surface area contributed by atoms with E-state index in [4.69, 9.17) is 0 Å². The van der Waals surface area contributed by atoms with E-state index in [0.717, 1.165) is 19.1 Å². The molecule has 1 saturated heterocycles. The molecular weight excluding hydrogens is 234 g/mol. The van der Waals surface area contributed by atoms with Crippen LogP contribution in [0.3, 0.4) is 0 Å². The van der Waals surface area contributed by atoms with E-state index >= 15 is 0 Å². The molecule has 3 nitrogen and oxygen atoms in total. The van der Waals surface area contributed by atoms with Gasteiger partial charge in [0.2, 0.25) is 0 Å². The summed E-state index contributed by atoms with van der Waals surface area (Å²) in [5.41, 5.74) is 0.312. The summed E-state index contributed by atoms with van der Waals surface area (Å²) in [7, 11) is 4.31. The van der Waals surface area contributed by atoms with E-state index in [2.05, 4.69) is 50.0 Å². The highest BCUT2D eigenvalue weighted by molar-refractivity contribution is 4.99. The fraction of sp³-hybridized carbons (Fsp3) is 1.00. The summed E-state index contributed by atoms with van der Waals surface area (Å²) in [6.07, 6.45) is 6.62. The first kappa shape index (κ1) is 16.9. The van der Waals surface area contributed by atoms with Crippen molar-refractivity contribution in [3.8, 4) is 0 Å². The van der Waals surface area contributed by atoms with Crippen molar-refractivity contribution in [3.63, 3.8) is 0 Å². The quantitative estimate of drug-likeness (QED) is 0.730. The first-order chi connectivity index (χ1) is 9.09. The molecule has 114 valence electrons. The first-order valence-electron chi connectivity index (χ1n) is 8.23. The van der Waals surface area contributed by atoms with Gasteiger partial charge in [-0.25, -0.2) is 0 Å². The molecular formula is C16H35N3. The monoisotopic (exact) mass is 269 g/mol. The standard InChI is InChI=1S/C16H35N3/c1-6-16(7-2,17-12-14-18(4)5)15-11-9-10-13-19(15)8-3/h15,17H,6-14H2,1-5H3. The molecule has 0 saturated carbocycles. The van der Waals surface area contributed by atoms with Gasteiger partial charge in [-0.3, -0.25) is 4.90 Å². The van der Waals surface area contributed by atoms with Crippen molar-refractivity contribution in [2.75, 3.05) is 40.3 Å². The molecule has 1 N–H and O–H groups in total. The summed E-state index contributed by atoms with van der Waals surface area (Å²) in [6, 6.07) is 0.725. The number of likely N-dealkylation sites (N-methyl/N-ethyl adjacent to an activating group) is 2. The SMILES string of the molecule is CCN1CCCCC1C(CC)(CC)NCCN(C)C. The molecule has 19 heavy (non-hydrogen) atoms. The Bertz CT molecular complexity index is 236. The maximum absolute atomic E-state index is 3.91. The number of nitrogens with zero attached hydrogens (tertiary/aromatic N) is 2. The summed E-state index contributed by atoms with van der Waals surface area (Å²) >= 11 is 0. The lowest BCUT2D eigenvalue weighted by Crippen LogP contribution is -2.62. The molecule has 3 heteroatoms. The zero-order chi connectivity index (χ0) is 14.3. The second-order valence-electron chi connectivity index (χ2n) is 6.23. The molecule has 1 fully saturated rings. The normalized spacial score (nSPS) is 22.1. The van der Waals surface area contributed by atoms with E-state index in [1.165, 1.54) is 45.2 Å². The van der Waals surface area contributed by atoms with Gasteiger partial charge in [0, 0.05) is 24.7 Å². The van der Waals surface area contributed by atoms with Gasteiger partial charge in [-0.15, -0.1) is 0 Å². The van der Waals surface area contributed by atoms with Crippen LogP contribution >= 0.6 is 0 Å². The second kappa shape index (κ2) is 8.23. The van der Waals surface area contributed by atoms with Gasteiger partial charge < -0.3 is 10.2 Å². The van der Waals surface area contributed by atoms with Gasteiger partial charge in [-0.05, 0) is 52.9 Å². The number of hydrogen-bond donors (Lipinski definition) is 1. The fourth-order valence-corrected chi connectivity index (χ4v) is 3.61. The first-order valence-corrected chi connectivity index (χ1v) is 8.23. The van der Waals surface area contributed by atoms with Gasteiger partial charge in [0.25, 0.3) is 0 Å². The van der Waals surface area contributed by atoms with Gasteiger partial charge in [0.15, 0.2) is 0 Å². The summed E-state index contributed by atoms with van der Waals surface area (Å²) in [6.45, 7) is 11.7. The third kappa shape index (κ3) is 4.44. The van der Waals surface area contributed by atoms with Crippen LogP contribution in [-0.2, 0) is 0 Å². The van der Waals surface area contributed by atoms with Crippen LogP contribution in [0.5, 0.6) is 0 Å². The Hall–Kier alpha value is -0.120. The van der Waals surface area contributed by atoms with E-state index in [1.807, 2.05) is 0 Å². The number of hydrogen-bond acceptors (Lipinski definition) is 3. The lowest BCUT2D eigenvalue weighted by Gasteiger charge is -2.48. The Morgan fingerprint density at radius 3 is 2.37 bits per heavy atom. The molecule has 1 aliphatic rings. The molecule has 0 aliphatic carbocycles. The minimum Gasteiger partial charge on any atom is -0.308 e. The molecule has 0 aromatic rings. The summed E-state index contributed by atoms with van der Waals surface area (Å²) in [5.74, 6) is 0. The minimum atomic E-state index is 0.312. The van der Waals surface area contributed by atoms with Crippen LogP contribution in [-0.4, -0.2) is 61.7 Å². The van der Waals surface area contributed by atoms with Gasteiger partial charge in [-0.1, -0.05) is 27.2 Å². The molecule has 0 aromatic carbocycles. The summed E-state index contributed by atoms with van der Waals surface area (Å²) in [5, 5.41) is 3.91. The fourth-order valence-electron chi connectivity index (χ4n) is 3.61. The average molecular weight is 269 g/mol. The van der Waals surface area contributed by atoms with Crippen LogP contribution in [0.25, 0.3) is 0 Å². The Labute approximate surface area is 120 Å². The van der Waals surface area contributed by atoms with Crippen molar-refractivity contribution in [2.45, 2.75) is 64.5 Å². The molecule has 0 amide bonds. The maximum atomic E-state index is 3.91. The predicted molar refractivity (Wildman–Crippen MR) is 84.8 cm³/mol. The van der Waals surface area contributed by atoms with Crippen LogP contribution in [0.1, 0.15) is 52.9 Å². The van der Waals surface area contributed by atoms with Crippen molar-refractivity contribution >= 4 is 0 Å². The number of rotatable bonds is 8. The van der Waals surface area contributed by atoms with E-state index in [9.17, 15) is 0 Å². The van der Waals surface area contributed by atoms with Crippen molar-refractivity contribution < 1.29 is 0 Å². The van der Waals surface area contributed by atoms with Crippen LogP contribution in [0, 0.1) is 0 Å². The van der Waals surface area contributed by atoms with Gasteiger partial charge in [0.05, 0.1) is 0 Å². The molecule has 0 bridgehead atoms. The van der Waals surface area contributed by atoms with Crippen LogP contribution < -0.4 is 5.32 Å². The maximum Gasteiger partial charge on any atom is 0.0332 e. The van der Waals surface area contributed by atoms with Crippen molar-refractivity contribution in [2.24, 2.45) is 0 Å². The van der Waals surface area contributed by atoms with Gasteiger partial charge in [0.1, 0.15) is 0 Å². The Balaban J connectivity index is 2.71. The zero-order valence-electron chi connectivity index (χ0n) is 13.8. The van der Waals surface area contributed by atoms with Crippen LogP contribution in [0.2, 0.25) is 0 Å². The summed E-state index contributed by atoms with van der Waals surface area (Å²) in [4.78, 5) is 4.97. The van der Waals surface area contributed by atoms with Gasteiger partial charge in [-0.2, -0.15) is 0 Å². The minimum absolute atomic E-state index is 0.312. The topological polar surface area (TPSA) is 18.5 Å². The highest BCUT2D eigenvalue weighted by Gasteiger charge is 2.39. The zero-order valence-corrected chi connectivity index (χ0v) is 13.8. The van der Waals surface area contributed by atoms with Crippen LogP contribution in [0.4, 0.5) is 0 Å². The second-order valence-corrected chi connectivity index (χ2v) is 6.23. The average Bonchev–Trinajstić information content (AvgIpc) is 2.44. The number of piperidine rings is 1. The lowest BCUT2D eigenvalue weighted by atomic mass is 9.79. The largest absolute Gasteiger partial charge is 0.308 e. The Morgan fingerprint density at radius 1 is 1.16 bits per heavy atom. The molecule has 1 aliphatic heterocycles. The Kier molecular flexibility index (Phi) is 7.33. The molecule has 1 unspecified atom stereocenters. The Morgan fingerprint density at radius 2 is 1.84 bits per heavy atom. The van der Waals surface area contributed by atoms with E-state index in [-0.39, 0.29) is 0 Å². The third-order valence-electron chi connectivity index (χ3n) is 4.96. The van der Waals surface area contributed by atoms with Gasteiger partial charge >= 0.3 is 0 Å². The van der Waals surface area contributed by atoms with E-state index in [1.54, 1.807) is 0 Å². The summed E-state index contributed by atoms with van der Waals surface area (Å²) < 4.78 is 0. The number of likely N-dealkylation sites (tertiary alicyclic amines) is 1. The highest BCUT2D eigenvalue weighted by atomic mass is 15.2. The van der Waals surface area contributed by atoms with E-state index in [0.29, 0.717) is 5.54 Å². The molecule has 1 rings (SSSR count). The highest BCUT2D eigenvalue weighted by Crippen LogP contribution is 2.31. The third-order valence-corrected chi connectivity index (χ3v) is 4.96. The smallest absolute Gasteiger partial charge is 0.0332 e. The van der Waals surface area contributed by atoms with Crippen molar-refractivity contribution in [1.82, 2.24) is 15.1 Å². The van der Waals surface area contributed by atoms with E-state index < -0.39 is 0 Å². The molecule has 0 spiro atoms. The molecule has 0 radical (unpaired) electrons. The van der Waals surface area contributed by atoms with Crippen molar-refractivity contribution in [3.05, 3.63) is 0 Å². The molecule has 0 aromatic heterocycles.